The second-order valence-corrected chi connectivity index (χ2v) is 37.7. The van der Waals surface area contributed by atoms with Crippen molar-refractivity contribution in [3.05, 3.63) is 82.9 Å². The highest BCUT2D eigenvalue weighted by Crippen LogP contribution is 2.65. The highest BCUT2D eigenvalue weighted by atomic mass is 28.4. The first-order valence-corrected chi connectivity index (χ1v) is 34.6. The van der Waals surface area contributed by atoms with E-state index in [1.165, 1.54) is 6.92 Å². The Kier molecular flexibility index (Phi) is 17.2. The Labute approximate surface area is 433 Å². The molecule has 0 aromatic heterocycles. The van der Waals surface area contributed by atoms with Crippen LogP contribution in [0.2, 0.25) is 54.4 Å². The topological polar surface area (TPSA) is 179 Å². The number of fused-ring (bicyclic) bond motifs is 5. The summed E-state index contributed by atoms with van der Waals surface area (Å²) >= 11 is 0. The van der Waals surface area contributed by atoms with Crippen LogP contribution in [0, 0.1) is 16.7 Å². The number of Topliss-reactive ketones (excluding diaryl/α,β-unsaturated/α-hetero) is 1. The van der Waals surface area contributed by atoms with Gasteiger partial charge in [-0.1, -0.05) is 125 Å². The number of rotatable bonds is 19. The van der Waals surface area contributed by atoms with Gasteiger partial charge in [-0.15, -0.1) is 0 Å². The molecule has 2 aromatic rings. The summed E-state index contributed by atoms with van der Waals surface area (Å²) in [5.41, 5.74) is 2.17. The van der Waals surface area contributed by atoms with E-state index < -0.39 is 113 Å². The molecule has 0 amide bonds. The minimum Gasteiger partial charge on any atom is -0.456 e. The SMILES string of the molecule is CC[Si](CC)(CC)O[C@H]1C(=O)[C@]2(C)[C@@H](O[Si](CC)(CC)CC)C[C@H]3OC[C@@]3(OC(C)=O)[C@H]2[C@H](OC(=O)c2ccccc2)[C@]2(O)C[C@H](OC(=O)[C@H](O[Si](C)(C)C(C)(C)C)[C@@H](N)c3ccccc3)C(C)=C1C2(C)C. The predicted octanol–water partition coefficient (Wildman–Crippen LogP) is 10.8. The number of ether oxygens (including phenoxy) is 4. The maximum atomic E-state index is 17.1. The Morgan fingerprint density at radius 3 is 1.85 bits per heavy atom. The molecule has 400 valence electrons. The maximum absolute atomic E-state index is 17.1. The highest BCUT2D eigenvalue weighted by molar-refractivity contribution is 6.74. The molecule has 2 aromatic carbocycles. The smallest absolute Gasteiger partial charge is 0.338 e. The summed E-state index contributed by atoms with van der Waals surface area (Å²) in [6.45, 7) is 31.7. The molecule has 0 spiro atoms. The summed E-state index contributed by atoms with van der Waals surface area (Å²) in [5.74, 6) is -3.68. The Hall–Kier alpha value is -3.33. The molecular weight excluding hydrogens is 963 g/mol. The van der Waals surface area contributed by atoms with Gasteiger partial charge in [0.1, 0.15) is 30.0 Å². The first kappa shape index (κ1) is 57.9. The minimum atomic E-state index is -2.76. The van der Waals surface area contributed by atoms with Gasteiger partial charge in [-0.3, -0.25) is 9.59 Å². The minimum absolute atomic E-state index is 0.127. The van der Waals surface area contributed by atoms with Crippen LogP contribution in [0.5, 0.6) is 0 Å². The van der Waals surface area contributed by atoms with Crippen molar-refractivity contribution < 1.29 is 56.5 Å². The molecule has 11 atom stereocenters. The second kappa shape index (κ2) is 21.4. The van der Waals surface area contributed by atoms with Crippen LogP contribution in [0.1, 0.15) is 132 Å². The van der Waals surface area contributed by atoms with Crippen molar-refractivity contribution in [1.29, 1.82) is 0 Å². The van der Waals surface area contributed by atoms with Crippen LogP contribution in [-0.2, 0) is 46.6 Å². The molecule has 6 rings (SSSR count). The standard InChI is InChI=1S/C56H87NO12Si3/c1-17-71(18-2,19-3)67-41-33-42-55(35-63-42,66-37(8)58)47-49(65-50(60)39-31-27-24-28-32-39)56(62)34-40(64-51(61)46(68-70(15,16)52(9,10)11)44(57)38-29-25-23-26-30-38)36(7)43(53(56,12)13)45(48(59)54(41,47)14)69-72(20-4,21-5)22-6/h23-32,40-42,44-47,49,62H,17-22,33-35,57H2,1-16H3/t40-,41-,42+,44-,45+,46+,47-,49-,54+,55-,56+/m0/s1. The van der Waals surface area contributed by atoms with Gasteiger partial charge in [0.15, 0.2) is 42.4 Å². The number of carbonyl (C=O) groups excluding carboxylic acids is 4. The molecule has 3 fully saturated rings. The second-order valence-electron chi connectivity index (χ2n) is 23.5. The Morgan fingerprint density at radius 1 is 0.833 bits per heavy atom. The summed E-state index contributed by atoms with van der Waals surface area (Å²) in [7, 11) is -8.04. The normalized spacial score (nSPS) is 30.4. The number of esters is 3. The van der Waals surface area contributed by atoms with Gasteiger partial charge >= 0.3 is 17.9 Å². The lowest BCUT2D eigenvalue weighted by Crippen LogP contribution is -2.82. The van der Waals surface area contributed by atoms with Gasteiger partial charge < -0.3 is 43.1 Å². The van der Waals surface area contributed by atoms with Crippen LogP contribution >= 0.6 is 0 Å². The Bertz CT molecular complexity index is 2300. The lowest BCUT2D eigenvalue weighted by atomic mass is 9.44. The van der Waals surface area contributed by atoms with Gasteiger partial charge in [-0.05, 0) is 97.1 Å². The maximum Gasteiger partial charge on any atom is 0.338 e. The van der Waals surface area contributed by atoms with E-state index in [9.17, 15) is 14.7 Å². The molecule has 2 saturated carbocycles. The molecular formula is C56H87NO12Si3. The third-order valence-electron chi connectivity index (χ3n) is 18.7. The van der Waals surface area contributed by atoms with E-state index in [1.54, 1.807) is 30.3 Å². The lowest BCUT2D eigenvalue weighted by Gasteiger charge is -2.68. The zero-order valence-electron chi connectivity index (χ0n) is 46.3. The van der Waals surface area contributed by atoms with Gasteiger partial charge in [0, 0.05) is 25.2 Å². The Balaban J connectivity index is 1.70. The molecule has 3 aliphatic carbocycles. The summed E-state index contributed by atoms with van der Waals surface area (Å²) in [6, 6.07) is 21.3. The van der Waals surface area contributed by atoms with Crippen LogP contribution in [0.25, 0.3) is 0 Å². The molecule has 1 aliphatic heterocycles. The zero-order chi connectivity index (χ0) is 53.6. The molecule has 1 heterocycles. The Morgan fingerprint density at radius 2 is 1.36 bits per heavy atom. The van der Waals surface area contributed by atoms with Gasteiger partial charge in [0.25, 0.3) is 0 Å². The first-order chi connectivity index (χ1) is 33.6. The number of hydrogen-bond donors (Lipinski definition) is 2. The average molecular weight is 1050 g/mol. The van der Waals surface area contributed by atoms with Crippen LogP contribution < -0.4 is 5.73 Å². The van der Waals surface area contributed by atoms with Crippen LogP contribution in [-0.4, -0.2) is 108 Å². The fourth-order valence-corrected chi connectivity index (χ4v) is 19.3. The molecule has 2 bridgehead atoms. The van der Waals surface area contributed by atoms with Crippen molar-refractivity contribution >= 4 is 48.6 Å². The quantitative estimate of drug-likeness (QED) is 0.0588. The van der Waals surface area contributed by atoms with Crippen molar-refractivity contribution in [2.75, 3.05) is 6.61 Å². The van der Waals surface area contributed by atoms with E-state index >= 15 is 9.59 Å². The number of benzene rings is 2. The fourth-order valence-electron chi connectivity index (χ4n) is 12.4. The summed E-state index contributed by atoms with van der Waals surface area (Å²) in [5, 5.41) is 14.2. The summed E-state index contributed by atoms with van der Waals surface area (Å²) < 4.78 is 48.7. The van der Waals surface area contributed by atoms with Crippen LogP contribution in [0.3, 0.4) is 0 Å². The molecule has 16 heteroatoms. The van der Waals surface area contributed by atoms with Crippen molar-refractivity contribution in [2.24, 2.45) is 22.5 Å². The number of carbonyl (C=O) groups is 4. The van der Waals surface area contributed by atoms with Crippen molar-refractivity contribution in [1.82, 2.24) is 0 Å². The molecule has 13 nitrogen and oxygen atoms in total. The molecule has 0 unspecified atom stereocenters. The number of nitrogens with two attached hydrogens (primary N) is 1. The number of ketones is 1. The first-order valence-electron chi connectivity index (χ1n) is 26.7. The van der Waals surface area contributed by atoms with Crippen molar-refractivity contribution in [3.63, 3.8) is 0 Å². The number of hydrogen-bond acceptors (Lipinski definition) is 13. The van der Waals surface area contributed by atoms with E-state index in [0.717, 1.165) is 18.1 Å². The van der Waals surface area contributed by atoms with E-state index in [1.807, 2.05) is 58.0 Å². The van der Waals surface area contributed by atoms with Crippen molar-refractivity contribution in [3.8, 4) is 0 Å². The van der Waals surface area contributed by atoms with Gasteiger partial charge in [-0.2, -0.15) is 0 Å². The third-order valence-corrected chi connectivity index (χ3v) is 32.4. The fraction of sp³-hybridized carbons (Fsp3) is 0.679. The largest absolute Gasteiger partial charge is 0.456 e. The van der Waals surface area contributed by atoms with E-state index in [-0.39, 0.29) is 35.8 Å². The molecule has 72 heavy (non-hydrogen) atoms. The van der Waals surface area contributed by atoms with Crippen LogP contribution in [0.15, 0.2) is 71.8 Å². The highest BCUT2D eigenvalue weighted by Gasteiger charge is 2.79. The van der Waals surface area contributed by atoms with E-state index in [4.69, 9.17) is 38.0 Å². The zero-order valence-corrected chi connectivity index (χ0v) is 49.3. The van der Waals surface area contributed by atoms with E-state index in [0.29, 0.717) is 34.8 Å². The van der Waals surface area contributed by atoms with Gasteiger partial charge in [-0.25, -0.2) is 9.59 Å². The predicted molar refractivity (Wildman–Crippen MR) is 287 cm³/mol. The lowest BCUT2D eigenvalue weighted by molar-refractivity contribution is -0.344. The van der Waals surface area contributed by atoms with Crippen molar-refractivity contribution in [2.45, 2.75) is 218 Å². The summed E-state index contributed by atoms with van der Waals surface area (Å²) in [4.78, 5) is 61.0. The molecule has 3 N–H and O–H groups in total. The summed E-state index contributed by atoms with van der Waals surface area (Å²) in [6.07, 6.45) is -7.00. The molecule has 4 aliphatic rings. The van der Waals surface area contributed by atoms with Crippen LogP contribution in [0.4, 0.5) is 0 Å². The third kappa shape index (κ3) is 9.99. The molecule has 0 radical (unpaired) electrons. The van der Waals surface area contributed by atoms with Gasteiger partial charge in [0.2, 0.25) is 0 Å². The average Bonchev–Trinajstić information content (AvgIpc) is 3.34. The molecule has 1 saturated heterocycles. The number of aliphatic hydroxyl groups is 1. The van der Waals surface area contributed by atoms with E-state index in [2.05, 4.69) is 75.4 Å². The monoisotopic (exact) mass is 1050 g/mol. The van der Waals surface area contributed by atoms with Gasteiger partial charge in [0.05, 0.1) is 35.6 Å².